The molecule has 1 aliphatic carbocycles. The summed E-state index contributed by atoms with van der Waals surface area (Å²) in [5.41, 5.74) is 2.81. The molecule has 0 bridgehead atoms. The highest BCUT2D eigenvalue weighted by Crippen LogP contribution is 2.41. The third-order valence-electron chi connectivity index (χ3n) is 3.36. The summed E-state index contributed by atoms with van der Waals surface area (Å²) in [5, 5.41) is 2.45. The minimum Gasteiger partial charge on any atom is -0.496 e. The van der Waals surface area contributed by atoms with Gasteiger partial charge in [0.05, 0.1) is 19.6 Å². The van der Waals surface area contributed by atoms with Crippen molar-refractivity contribution in [2.45, 2.75) is 12.8 Å². The Hall–Kier alpha value is -1.70. The Balaban J connectivity index is 2.47. The fourth-order valence-electron chi connectivity index (χ4n) is 2.61. The molecular weight excluding hydrogens is 200 g/mol. The summed E-state index contributed by atoms with van der Waals surface area (Å²) in [4.78, 5) is 0. The minimum atomic E-state index is 0.902. The standard InChI is InChI=1S/C14H14O2/c1-15-11-7-5-9-3-4-10-6-8-12(16-2)14(11)13(9)10/h5-8H,3-4H2,1-2H3. The molecule has 0 radical (unpaired) electrons. The fourth-order valence-corrected chi connectivity index (χ4v) is 2.61. The van der Waals surface area contributed by atoms with Crippen molar-refractivity contribution >= 4 is 10.8 Å². The van der Waals surface area contributed by atoms with Crippen molar-refractivity contribution in [2.24, 2.45) is 0 Å². The first-order valence-corrected chi connectivity index (χ1v) is 5.50. The Bertz CT molecular complexity index is 511. The second-order valence-electron chi connectivity index (χ2n) is 4.10. The van der Waals surface area contributed by atoms with Crippen LogP contribution in [0.1, 0.15) is 11.1 Å². The van der Waals surface area contributed by atoms with Crippen molar-refractivity contribution < 1.29 is 9.47 Å². The van der Waals surface area contributed by atoms with Gasteiger partial charge in [-0.3, -0.25) is 0 Å². The lowest BCUT2D eigenvalue weighted by atomic mass is 10.0. The zero-order valence-electron chi connectivity index (χ0n) is 9.54. The second-order valence-corrected chi connectivity index (χ2v) is 4.10. The van der Waals surface area contributed by atoms with Gasteiger partial charge in [0, 0.05) is 0 Å². The molecule has 0 spiro atoms. The molecule has 2 aromatic carbocycles. The van der Waals surface area contributed by atoms with Gasteiger partial charge in [0.1, 0.15) is 11.5 Å². The maximum atomic E-state index is 5.43. The van der Waals surface area contributed by atoms with E-state index in [1.54, 1.807) is 14.2 Å². The van der Waals surface area contributed by atoms with E-state index in [1.165, 1.54) is 16.5 Å². The van der Waals surface area contributed by atoms with Gasteiger partial charge in [0.25, 0.3) is 0 Å². The molecule has 0 N–H and O–H groups in total. The van der Waals surface area contributed by atoms with Crippen LogP contribution in [0.5, 0.6) is 11.5 Å². The van der Waals surface area contributed by atoms with E-state index >= 15 is 0 Å². The average Bonchev–Trinajstić information content (AvgIpc) is 2.75. The second kappa shape index (κ2) is 3.41. The lowest BCUT2D eigenvalue weighted by Gasteiger charge is -2.11. The van der Waals surface area contributed by atoms with Crippen molar-refractivity contribution in [1.29, 1.82) is 0 Å². The highest BCUT2D eigenvalue weighted by atomic mass is 16.5. The number of benzene rings is 2. The lowest BCUT2D eigenvalue weighted by Crippen LogP contribution is -1.91. The fraction of sp³-hybridized carbons (Fsp3) is 0.286. The van der Waals surface area contributed by atoms with Crippen molar-refractivity contribution in [3.8, 4) is 11.5 Å². The molecule has 16 heavy (non-hydrogen) atoms. The predicted molar refractivity (Wildman–Crippen MR) is 64.5 cm³/mol. The van der Waals surface area contributed by atoms with Crippen molar-refractivity contribution in [3.63, 3.8) is 0 Å². The molecule has 2 heteroatoms. The van der Waals surface area contributed by atoms with Crippen LogP contribution in [0, 0.1) is 0 Å². The molecule has 1 aliphatic rings. The first-order valence-electron chi connectivity index (χ1n) is 5.50. The summed E-state index contributed by atoms with van der Waals surface area (Å²) in [6.07, 6.45) is 2.26. The third-order valence-corrected chi connectivity index (χ3v) is 3.36. The molecule has 82 valence electrons. The number of aryl methyl sites for hydroxylation is 2. The maximum absolute atomic E-state index is 5.43. The molecule has 0 aromatic heterocycles. The Morgan fingerprint density at radius 2 is 1.25 bits per heavy atom. The predicted octanol–water partition coefficient (Wildman–Crippen LogP) is 2.96. The van der Waals surface area contributed by atoms with Crippen LogP contribution < -0.4 is 9.47 Å². The zero-order valence-corrected chi connectivity index (χ0v) is 9.54. The highest BCUT2D eigenvalue weighted by Gasteiger charge is 2.19. The number of hydrogen-bond acceptors (Lipinski definition) is 2. The minimum absolute atomic E-state index is 0.902. The van der Waals surface area contributed by atoms with Gasteiger partial charge in [0.2, 0.25) is 0 Å². The summed E-state index contributed by atoms with van der Waals surface area (Å²) >= 11 is 0. The van der Waals surface area contributed by atoms with Crippen LogP contribution in [-0.4, -0.2) is 14.2 Å². The molecule has 3 rings (SSSR count). The molecule has 0 saturated carbocycles. The Kier molecular flexibility index (Phi) is 2.03. The number of ether oxygens (including phenoxy) is 2. The largest absolute Gasteiger partial charge is 0.496 e. The molecule has 0 fully saturated rings. The number of rotatable bonds is 2. The van der Waals surface area contributed by atoms with Gasteiger partial charge < -0.3 is 9.47 Å². The van der Waals surface area contributed by atoms with Crippen LogP contribution in [-0.2, 0) is 12.8 Å². The quantitative estimate of drug-likeness (QED) is 0.765. The smallest absolute Gasteiger partial charge is 0.130 e. The average molecular weight is 214 g/mol. The summed E-state index contributed by atoms with van der Waals surface area (Å²) in [6, 6.07) is 8.40. The molecule has 0 aliphatic heterocycles. The Morgan fingerprint density at radius 3 is 1.69 bits per heavy atom. The summed E-state index contributed by atoms with van der Waals surface area (Å²) in [5.74, 6) is 1.80. The van der Waals surface area contributed by atoms with E-state index in [1.807, 2.05) is 12.1 Å². The van der Waals surface area contributed by atoms with Crippen LogP contribution in [0.4, 0.5) is 0 Å². The summed E-state index contributed by atoms with van der Waals surface area (Å²) in [7, 11) is 3.41. The highest BCUT2D eigenvalue weighted by molar-refractivity contribution is 5.99. The first kappa shape index (κ1) is 9.52. The number of hydrogen-bond donors (Lipinski definition) is 0. The molecular formula is C14H14O2. The normalized spacial score (nSPS) is 13.1. The van der Waals surface area contributed by atoms with Gasteiger partial charge in [-0.25, -0.2) is 0 Å². The summed E-state index contributed by atoms with van der Waals surface area (Å²) < 4.78 is 10.9. The van der Waals surface area contributed by atoms with E-state index in [0.29, 0.717) is 0 Å². The van der Waals surface area contributed by atoms with Crippen LogP contribution in [0.25, 0.3) is 10.8 Å². The molecule has 0 heterocycles. The topological polar surface area (TPSA) is 18.5 Å². The van der Waals surface area contributed by atoms with Crippen LogP contribution in [0.2, 0.25) is 0 Å². The van der Waals surface area contributed by atoms with Crippen molar-refractivity contribution in [2.75, 3.05) is 14.2 Å². The van der Waals surface area contributed by atoms with Gasteiger partial charge in [-0.1, -0.05) is 12.1 Å². The van der Waals surface area contributed by atoms with Gasteiger partial charge in [0.15, 0.2) is 0 Å². The van der Waals surface area contributed by atoms with E-state index < -0.39 is 0 Å². The number of methoxy groups -OCH3 is 2. The monoisotopic (exact) mass is 214 g/mol. The third kappa shape index (κ3) is 1.13. The van der Waals surface area contributed by atoms with Gasteiger partial charge in [-0.05, 0) is 41.5 Å². The zero-order chi connectivity index (χ0) is 11.1. The molecule has 0 atom stereocenters. The molecule has 2 aromatic rings. The van der Waals surface area contributed by atoms with Crippen LogP contribution >= 0.6 is 0 Å². The molecule has 2 nitrogen and oxygen atoms in total. The van der Waals surface area contributed by atoms with E-state index in [0.717, 1.165) is 29.7 Å². The Morgan fingerprint density at radius 1 is 0.750 bits per heavy atom. The maximum Gasteiger partial charge on any atom is 0.130 e. The van der Waals surface area contributed by atoms with E-state index in [2.05, 4.69) is 12.1 Å². The Labute approximate surface area is 94.8 Å². The SMILES string of the molecule is COc1ccc2c3c(ccc(OC)c13)CC2. The van der Waals surface area contributed by atoms with Gasteiger partial charge >= 0.3 is 0 Å². The van der Waals surface area contributed by atoms with Crippen molar-refractivity contribution in [3.05, 3.63) is 35.4 Å². The van der Waals surface area contributed by atoms with Gasteiger partial charge in [-0.15, -0.1) is 0 Å². The molecule has 0 amide bonds. The van der Waals surface area contributed by atoms with E-state index in [4.69, 9.17) is 9.47 Å². The van der Waals surface area contributed by atoms with E-state index in [-0.39, 0.29) is 0 Å². The summed E-state index contributed by atoms with van der Waals surface area (Å²) in [6.45, 7) is 0. The van der Waals surface area contributed by atoms with Crippen LogP contribution in [0.15, 0.2) is 24.3 Å². The van der Waals surface area contributed by atoms with Crippen molar-refractivity contribution in [1.82, 2.24) is 0 Å². The molecule has 0 unspecified atom stereocenters. The van der Waals surface area contributed by atoms with Gasteiger partial charge in [-0.2, -0.15) is 0 Å². The molecule has 0 saturated heterocycles. The lowest BCUT2D eigenvalue weighted by molar-refractivity contribution is 0.405. The first-order chi connectivity index (χ1) is 7.85. The van der Waals surface area contributed by atoms with Crippen LogP contribution in [0.3, 0.4) is 0 Å². The van der Waals surface area contributed by atoms with E-state index in [9.17, 15) is 0 Å².